The maximum absolute atomic E-state index is 12.4. The summed E-state index contributed by atoms with van der Waals surface area (Å²) in [6.45, 7) is 2.51. The lowest BCUT2D eigenvalue weighted by Crippen LogP contribution is -2.29. The minimum atomic E-state index is -3.54. The van der Waals surface area contributed by atoms with Crippen LogP contribution in [0.3, 0.4) is 0 Å². The number of aliphatic hydroxyl groups is 1. The average Bonchev–Trinajstić information content (AvgIpc) is 3.30. The molecule has 1 fully saturated rings. The molecular formula is C16H21NO3S. The van der Waals surface area contributed by atoms with Crippen molar-refractivity contribution in [3.63, 3.8) is 0 Å². The van der Waals surface area contributed by atoms with Gasteiger partial charge in [-0.2, -0.15) is 0 Å². The standard InChI is InChI=1S/C16H21NO3S/c1-13(14-9-10-14)12-17-21(19,20)16-8-3-2-6-15(16)7-4-5-11-18/h2-3,6,8,13-14,17-18H,5,9-12H2,1H3. The molecule has 1 unspecified atom stereocenters. The van der Waals surface area contributed by atoms with Crippen LogP contribution in [0.2, 0.25) is 0 Å². The Balaban J connectivity index is 2.13. The van der Waals surface area contributed by atoms with E-state index in [-0.39, 0.29) is 11.5 Å². The fourth-order valence-electron chi connectivity index (χ4n) is 2.17. The molecule has 114 valence electrons. The van der Waals surface area contributed by atoms with Gasteiger partial charge in [-0.05, 0) is 36.8 Å². The van der Waals surface area contributed by atoms with Gasteiger partial charge in [0.1, 0.15) is 0 Å². The van der Waals surface area contributed by atoms with Gasteiger partial charge in [-0.3, -0.25) is 0 Å². The molecule has 1 aromatic rings. The topological polar surface area (TPSA) is 66.4 Å². The van der Waals surface area contributed by atoms with Crippen LogP contribution in [0.1, 0.15) is 31.7 Å². The highest BCUT2D eigenvalue weighted by molar-refractivity contribution is 7.89. The fourth-order valence-corrected chi connectivity index (χ4v) is 3.47. The van der Waals surface area contributed by atoms with Crippen LogP contribution in [0.25, 0.3) is 0 Å². The molecule has 0 saturated heterocycles. The second-order valence-electron chi connectivity index (χ2n) is 5.44. The van der Waals surface area contributed by atoms with Gasteiger partial charge in [-0.25, -0.2) is 13.1 Å². The number of hydrogen-bond acceptors (Lipinski definition) is 3. The van der Waals surface area contributed by atoms with E-state index in [4.69, 9.17) is 5.11 Å². The lowest BCUT2D eigenvalue weighted by molar-refractivity contribution is 0.305. The molecule has 4 nitrogen and oxygen atoms in total. The Labute approximate surface area is 126 Å². The summed E-state index contributed by atoms with van der Waals surface area (Å²) in [5.74, 6) is 6.61. The molecule has 1 aliphatic rings. The van der Waals surface area contributed by atoms with Gasteiger partial charge in [0.05, 0.1) is 11.5 Å². The van der Waals surface area contributed by atoms with Crippen molar-refractivity contribution in [1.82, 2.24) is 4.72 Å². The summed E-state index contributed by atoms with van der Waals surface area (Å²) >= 11 is 0. The van der Waals surface area contributed by atoms with Crippen LogP contribution in [0, 0.1) is 23.7 Å². The summed E-state index contributed by atoms with van der Waals surface area (Å²) in [6, 6.07) is 6.70. The first-order valence-corrected chi connectivity index (χ1v) is 8.71. The van der Waals surface area contributed by atoms with Gasteiger partial charge in [0.15, 0.2) is 0 Å². The number of hydrogen-bond donors (Lipinski definition) is 2. The van der Waals surface area contributed by atoms with Gasteiger partial charge < -0.3 is 5.11 Å². The van der Waals surface area contributed by atoms with Crippen LogP contribution in [0.4, 0.5) is 0 Å². The van der Waals surface area contributed by atoms with Crippen LogP contribution in [-0.2, 0) is 10.0 Å². The average molecular weight is 307 g/mol. The maximum Gasteiger partial charge on any atom is 0.241 e. The third kappa shape index (κ3) is 4.57. The van der Waals surface area contributed by atoms with Crippen LogP contribution in [0.5, 0.6) is 0 Å². The van der Waals surface area contributed by atoms with E-state index >= 15 is 0 Å². The van der Waals surface area contributed by atoms with Crippen molar-refractivity contribution >= 4 is 10.0 Å². The molecule has 2 rings (SSSR count). The molecule has 1 aliphatic carbocycles. The van der Waals surface area contributed by atoms with Crippen LogP contribution >= 0.6 is 0 Å². The molecule has 0 bridgehead atoms. The van der Waals surface area contributed by atoms with Crippen molar-refractivity contribution in [1.29, 1.82) is 0 Å². The van der Waals surface area contributed by atoms with E-state index in [1.54, 1.807) is 24.3 Å². The summed E-state index contributed by atoms with van der Waals surface area (Å²) in [5, 5.41) is 8.74. The van der Waals surface area contributed by atoms with Crippen molar-refractivity contribution in [3.8, 4) is 11.8 Å². The maximum atomic E-state index is 12.4. The van der Waals surface area contributed by atoms with E-state index in [1.807, 2.05) is 0 Å². The number of nitrogens with one attached hydrogen (secondary N) is 1. The van der Waals surface area contributed by atoms with Crippen molar-refractivity contribution < 1.29 is 13.5 Å². The minimum Gasteiger partial charge on any atom is -0.395 e. The SMILES string of the molecule is CC(CNS(=O)(=O)c1ccccc1C#CCCO)C1CC1. The zero-order chi connectivity index (χ0) is 15.3. The quantitative estimate of drug-likeness (QED) is 0.787. The smallest absolute Gasteiger partial charge is 0.241 e. The highest BCUT2D eigenvalue weighted by Gasteiger charge is 2.29. The van der Waals surface area contributed by atoms with Crippen LogP contribution in [0.15, 0.2) is 29.2 Å². The predicted molar refractivity (Wildman–Crippen MR) is 82.1 cm³/mol. The van der Waals surface area contributed by atoms with Crippen LogP contribution in [-0.4, -0.2) is 26.7 Å². The molecule has 0 amide bonds. The number of sulfonamides is 1. The van der Waals surface area contributed by atoms with Crippen molar-refractivity contribution in [3.05, 3.63) is 29.8 Å². The first-order chi connectivity index (χ1) is 10.0. The molecule has 2 N–H and O–H groups in total. The molecule has 21 heavy (non-hydrogen) atoms. The Morgan fingerprint density at radius 1 is 1.38 bits per heavy atom. The lowest BCUT2D eigenvalue weighted by Gasteiger charge is -2.12. The van der Waals surface area contributed by atoms with Gasteiger partial charge in [-0.1, -0.05) is 30.9 Å². The predicted octanol–water partition coefficient (Wildman–Crippen LogP) is 1.74. The van der Waals surface area contributed by atoms with Crippen molar-refractivity contribution in [2.75, 3.05) is 13.2 Å². The summed E-state index contributed by atoms with van der Waals surface area (Å²) in [4.78, 5) is 0.207. The first kappa shape index (κ1) is 16.0. The molecule has 0 spiro atoms. The lowest BCUT2D eigenvalue weighted by atomic mass is 10.1. The van der Waals surface area contributed by atoms with E-state index in [9.17, 15) is 8.42 Å². The number of aliphatic hydroxyl groups excluding tert-OH is 1. The molecule has 0 heterocycles. The third-order valence-corrected chi connectivity index (χ3v) is 5.14. The second-order valence-corrected chi connectivity index (χ2v) is 7.17. The molecule has 1 aromatic carbocycles. The highest BCUT2D eigenvalue weighted by Crippen LogP contribution is 2.36. The first-order valence-electron chi connectivity index (χ1n) is 7.23. The fraction of sp³-hybridized carbons (Fsp3) is 0.500. The number of rotatable bonds is 6. The van der Waals surface area contributed by atoms with Crippen molar-refractivity contribution in [2.24, 2.45) is 11.8 Å². The van der Waals surface area contributed by atoms with Gasteiger partial charge in [-0.15, -0.1) is 0 Å². The highest BCUT2D eigenvalue weighted by atomic mass is 32.2. The van der Waals surface area contributed by atoms with Crippen molar-refractivity contribution in [2.45, 2.75) is 31.1 Å². The molecule has 5 heteroatoms. The van der Waals surface area contributed by atoms with E-state index in [2.05, 4.69) is 23.5 Å². The molecule has 0 aromatic heterocycles. The Hall–Kier alpha value is -1.35. The summed E-state index contributed by atoms with van der Waals surface area (Å²) in [7, 11) is -3.54. The van der Waals surface area contributed by atoms with Gasteiger partial charge in [0.2, 0.25) is 10.0 Å². The zero-order valence-electron chi connectivity index (χ0n) is 12.2. The Bertz CT molecular complexity index is 639. The van der Waals surface area contributed by atoms with Crippen LogP contribution < -0.4 is 4.72 Å². The molecule has 1 atom stereocenters. The Kier molecular flexibility index (Phi) is 5.40. The molecule has 0 aliphatic heterocycles. The molecule has 0 radical (unpaired) electrons. The van der Waals surface area contributed by atoms with E-state index in [1.165, 1.54) is 12.8 Å². The van der Waals surface area contributed by atoms with E-state index in [0.717, 1.165) is 0 Å². The normalized spacial score (nSPS) is 16.1. The largest absolute Gasteiger partial charge is 0.395 e. The van der Waals surface area contributed by atoms with Gasteiger partial charge in [0, 0.05) is 18.5 Å². The summed E-state index contributed by atoms with van der Waals surface area (Å²) in [5.41, 5.74) is 0.470. The summed E-state index contributed by atoms with van der Waals surface area (Å²) < 4.78 is 27.5. The monoisotopic (exact) mass is 307 g/mol. The van der Waals surface area contributed by atoms with Gasteiger partial charge >= 0.3 is 0 Å². The molecular weight excluding hydrogens is 286 g/mol. The Morgan fingerprint density at radius 2 is 2.10 bits per heavy atom. The third-order valence-electron chi connectivity index (χ3n) is 3.66. The second kappa shape index (κ2) is 7.08. The molecule has 1 saturated carbocycles. The van der Waals surface area contributed by atoms with E-state index < -0.39 is 10.0 Å². The van der Waals surface area contributed by atoms with E-state index in [0.29, 0.717) is 30.4 Å². The Morgan fingerprint density at radius 3 is 2.76 bits per heavy atom. The summed E-state index contributed by atoms with van der Waals surface area (Å²) in [6.07, 6.45) is 2.73. The zero-order valence-corrected chi connectivity index (χ0v) is 13.0. The minimum absolute atomic E-state index is 0.0287. The number of benzene rings is 1. The van der Waals surface area contributed by atoms with Gasteiger partial charge in [0.25, 0.3) is 0 Å².